The molecule has 0 aromatic rings. The largest absolute Gasteiger partial charge is 0.481 e. The molecular formula is C13H22N2O5. The maximum absolute atomic E-state index is 12.5. The molecule has 20 heavy (non-hydrogen) atoms. The number of carboxylic acid groups (broad SMARTS) is 1. The lowest BCUT2D eigenvalue weighted by Gasteiger charge is -2.39. The van der Waals surface area contributed by atoms with Gasteiger partial charge in [-0.25, -0.2) is 4.79 Å². The van der Waals surface area contributed by atoms with E-state index in [0.717, 1.165) is 0 Å². The van der Waals surface area contributed by atoms with Crippen molar-refractivity contribution in [2.24, 2.45) is 11.8 Å². The number of nitrogens with zero attached hydrogens (tertiary/aromatic N) is 2. The molecule has 7 nitrogen and oxygen atoms in total. The maximum Gasteiger partial charge on any atom is 0.320 e. The minimum absolute atomic E-state index is 0.0403. The minimum atomic E-state index is -0.851. The summed E-state index contributed by atoms with van der Waals surface area (Å²) in [6.07, 6.45) is -0.356. The molecule has 7 heteroatoms. The third-order valence-corrected chi connectivity index (χ3v) is 4.15. The number of morpholine rings is 1. The fourth-order valence-electron chi connectivity index (χ4n) is 2.82. The lowest BCUT2D eigenvalue weighted by molar-refractivity contribution is -0.142. The van der Waals surface area contributed by atoms with Gasteiger partial charge in [-0.3, -0.25) is 4.79 Å². The van der Waals surface area contributed by atoms with Crippen LogP contribution in [0.5, 0.6) is 0 Å². The lowest BCUT2D eigenvalue weighted by Crippen LogP contribution is -2.55. The number of rotatable bonds is 2. The Kier molecular flexibility index (Phi) is 4.49. The van der Waals surface area contributed by atoms with Gasteiger partial charge >= 0.3 is 12.0 Å². The molecule has 2 aliphatic rings. The normalized spacial score (nSPS) is 34.4. The molecule has 2 aliphatic heterocycles. The number of hydrogen-bond acceptors (Lipinski definition) is 4. The van der Waals surface area contributed by atoms with Crippen molar-refractivity contribution in [3.05, 3.63) is 0 Å². The van der Waals surface area contributed by atoms with Gasteiger partial charge in [0.05, 0.1) is 37.8 Å². The SMILES string of the molecule is CC1CN(C(=O)N2CC(CO)OCC2C)CC1C(=O)O. The van der Waals surface area contributed by atoms with Crippen LogP contribution < -0.4 is 0 Å². The van der Waals surface area contributed by atoms with E-state index >= 15 is 0 Å². The first-order valence-corrected chi connectivity index (χ1v) is 6.94. The molecule has 0 aromatic carbocycles. The quantitative estimate of drug-likeness (QED) is 0.736. The number of likely N-dealkylation sites (tertiary alicyclic amines) is 1. The third-order valence-electron chi connectivity index (χ3n) is 4.15. The van der Waals surface area contributed by atoms with Crippen molar-refractivity contribution in [1.82, 2.24) is 9.80 Å². The summed E-state index contributed by atoms with van der Waals surface area (Å²) in [5.41, 5.74) is 0. The molecule has 0 aliphatic carbocycles. The Balaban J connectivity index is 2.02. The van der Waals surface area contributed by atoms with Gasteiger partial charge in [0.2, 0.25) is 0 Å². The maximum atomic E-state index is 12.5. The van der Waals surface area contributed by atoms with Gasteiger partial charge in [-0.05, 0) is 12.8 Å². The molecule has 114 valence electrons. The van der Waals surface area contributed by atoms with Crippen LogP contribution in [0, 0.1) is 11.8 Å². The van der Waals surface area contributed by atoms with E-state index < -0.39 is 11.9 Å². The van der Waals surface area contributed by atoms with Gasteiger partial charge in [0.1, 0.15) is 0 Å². The van der Waals surface area contributed by atoms with E-state index in [1.807, 2.05) is 13.8 Å². The van der Waals surface area contributed by atoms with E-state index in [0.29, 0.717) is 19.7 Å². The number of aliphatic hydroxyl groups is 1. The van der Waals surface area contributed by atoms with E-state index in [-0.39, 0.29) is 37.2 Å². The molecule has 0 aromatic heterocycles. The number of urea groups is 1. The van der Waals surface area contributed by atoms with Crippen LogP contribution >= 0.6 is 0 Å². The second kappa shape index (κ2) is 5.97. The third kappa shape index (κ3) is 2.88. The summed E-state index contributed by atoms with van der Waals surface area (Å²) in [7, 11) is 0. The fourth-order valence-corrected chi connectivity index (χ4v) is 2.82. The topological polar surface area (TPSA) is 90.3 Å². The first kappa shape index (κ1) is 15.1. The molecule has 0 spiro atoms. The van der Waals surface area contributed by atoms with E-state index in [1.165, 1.54) is 0 Å². The van der Waals surface area contributed by atoms with Crippen molar-refractivity contribution in [3.8, 4) is 0 Å². The molecular weight excluding hydrogens is 264 g/mol. The van der Waals surface area contributed by atoms with Crippen LogP contribution in [0.3, 0.4) is 0 Å². The van der Waals surface area contributed by atoms with Gasteiger partial charge in [0.25, 0.3) is 0 Å². The first-order valence-electron chi connectivity index (χ1n) is 6.94. The summed E-state index contributed by atoms with van der Waals surface area (Å²) >= 11 is 0. The van der Waals surface area contributed by atoms with Crippen LogP contribution in [0.4, 0.5) is 4.79 Å². The molecule has 2 heterocycles. The number of ether oxygens (including phenoxy) is 1. The number of amides is 2. The Morgan fingerprint density at radius 2 is 1.95 bits per heavy atom. The Labute approximate surface area is 118 Å². The lowest BCUT2D eigenvalue weighted by atomic mass is 9.99. The molecule has 2 fully saturated rings. The van der Waals surface area contributed by atoms with E-state index in [9.17, 15) is 9.59 Å². The van der Waals surface area contributed by atoms with Crippen molar-refractivity contribution in [3.63, 3.8) is 0 Å². The predicted octanol–water partition coefficient (Wildman–Crippen LogP) is -0.159. The van der Waals surface area contributed by atoms with Crippen LogP contribution in [0.25, 0.3) is 0 Å². The Bertz CT molecular complexity index is 389. The highest BCUT2D eigenvalue weighted by molar-refractivity contribution is 5.78. The van der Waals surface area contributed by atoms with E-state index in [2.05, 4.69) is 0 Å². The van der Waals surface area contributed by atoms with Crippen molar-refractivity contribution in [2.75, 3.05) is 32.8 Å². The van der Waals surface area contributed by atoms with Crippen LogP contribution in [0.1, 0.15) is 13.8 Å². The van der Waals surface area contributed by atoms with Crippen LogP contribution in [0.2, 0.25) is 0 Å². The number of carbonyl (C=O) groups excluding carboxylic acids is 1. The fraction of sp³-hybridized carbons (Fsp3) is 0.846. The summed E-state index contributed by atoms with van der Waals surface area (Å²) in [6.45, 7) is 5.07. The Morgan fingerprint density at radius 3 is 2.50 bits per heavy atom. The summed E-state index contributed by atoms with van der Waals surface area (Å²) in [6, 6.07) is -0.223. The molecule has 0 radical (unpaired) electrons. The highest BCUT2D eigenvalue weighted by Gasteiger charge is 2.40. The van der Waals surface area contributed by atoms with Crippen molar-refractivity contribution >= 4 is 12.0 Å². The van der Waals surface area contributed by atoms with Crippen LogP contribution in [0.15, 0.2) is 0 Å². The number of hydrogen-bond donors (Lipinski definition) is 2. The molecule has 2 amide bonds. The first-order chi connectivity index (χ1) is 9.43. The standard InChI is InChI=1S/C13H22N2O5/c1-8-3-14(5-11(8)12(17)18)13(19)15-4-10(6-16)20-7-9(15)2/h8-11,16H,3-7H2,1-2H3,(H,17,18). The van der Waals surface area contributed by atoms with Gasteiger partial charge in [-0.2, -0.15) is 0 Å². The van der Waals surface area contributed by atoms with Crippen molar-refractivity contribution in [1.29, 1.82) is 0 Å². The smallest absolute Gasteiger partial charge is 0.320 e. The highest BCUT2D eigenvalue weighted by Crippen LogP contribution is 2.25. The molecule has 4 atom stereocenters. The number of carboxylic acids is 1. The summed E-state index contributed by atoms with van der Waals surface area (Å²) in [4.78, 5) is 26.9. The van der Waals surface area contributed by atoms with Crippen LogP contribution in [-0.2, 0) is 9.53 Å². The van der Waals surface area contributed by atoms with E-state index in [4.69, 9.17) is 14.9 Å². The summed E-state index contributed by atoms with van der Waals surface area (Å²) in [5.74, 6) is -1.39. The van der Waals surface area contributed by atoms with Crippen molar-refractivity contribution in [2.45, 2.75) is 26.0 Å². The number of aliphatic hydroxyl groups excluding tert-OH is 1. The van der Waals surface area contributed by atoms with Gasteiger partial charge in [-0.1, -0.05) is 6.92 Å². The summed E-state index contributed by atoms with van der Waals surface area (Å²) < 4.78 is 5.41. The minimum Gasteiger partial charge on any atom is -0.481 e. The molecule has 2 N–H and O–H groups in total. The molecule has 2 rings (SSSR count). The molecule has 2 saturated heterocycles. The highest BCUT2D eigenvalue weighted by atomic mass is 16.5. The molecule has 4 unspecified atom stereocenters. The van der Waals surface area contributed by atoms with Crippen molar-refractivity contribution < 1.29 is 24.5 Å². The number of carbonyl (C=O) groups is 2. The number of aliphatic carboxylic acids is 1. The molecule has 0 bridgehead atoms. The Morgan fingerprint density at radius 1 is 1.25 bits per heavy atom. The second-order valence-corrected chi connectivity index (χ2v) is 5.75. The second-order valence-electron chi connectivity index (χ2n) is 5.75. The van der Waals surface area contributed by atoms with Crippen LogP contribution in [-0.4, -0.2) is 77.0 Å². The van der Waals surface area contributed by atoms with Gasteiger partial charge in [0.15, 0.2) is 0 Å². The molecule has 0 saturated carbocycles. The zero-order valence-electron chi connectivity index (χ0n) is 11.9. The average molecular weight is 286 g/mol. The van der Waals surface area contributed by atoms with Gasteiger partial charge in [-0.15, -0.1) is 0 Å². The van der Waals surface area contributed by atoms with E-state index in [1.54, 1.807) is 9.80 Å². The zero-order valence-corrected chi connectivity index (χ0v) is 11.9. The predicted molar refractivity (Wildman–Crippen MR) is 70.3 cm³/mol. The average Bonchev–Trinajstić information content (AvgIpc) is 2.81. The summed E-state index contributed by atoms with van der Waals surface area (Å²) in [5, 5.41) is 18.3. The van der Waals surface area contributed by atoms with Gasteiger partial charge < -0.3 is 24.7 Å². The monoisotopic (exact) mass is 286 g/mol. The zero-order chi connectivity index (χ0) is 14.9. The van der Waals surface area contributed by atoms with Gasteiger partial charge in [0, 0.05) is 13.1 Å². The Hall–Kier alpha value is -1.34.